The first-order valence-electron chi connectivity index (χ1n) is 5.24. The van der Waals surface area contributed by atoms with E-state index in [0.717, 1.165) is 17.7 Å². The topological polar surface area (TPSA) is 54.7 Å². The van der Waals surface area contributed by atoms with E-state index in [1.165, 1.54) is 0 Å². The molecule has 1 aromatic heterocycles. The molecule has 3 heteroatoms. The Bertz CT molecular complexity index is 419. The molecule has 0 amide bonds. The summed E-state index contributed by atoms with van der Waals surface area (Å²) in [6.07, 6.45) is 0.983. The van der Waals surface area contributed by atoms with Crippen molar-refractivity contribution in [1.82, 2.24) is 4.57 Å². The van der Waals surface area contributed by atoms with Gasteiger partial charge in [0.05, 0.1) is 5.56 Å². The quantitative estimate of drug-likeness (QED) is 0.807. The largest absolute Gasteiger partial charge is 0.384 e. The van der Waals surface area contributed by atoms with Gasteiger partial charge in [0.25, 0.3) is 0 Å². The third-order valence-corrected chi connectivity index (χ3v) is 3.33. The summed E-state index contributed by atoms with van der Waals surface area (Å²) in [5.74, 6) is 0.597. The molecule has 0 aliphatic heterocycles. The Labute approximate surface area is 91.5 Å². The molecule has 0 aliphatic rings. The van der Waals surface area contributed by atoms with E-state index in [9.17, 15) is 0 Å². The molecule has 0 unspecified atom stereocenters. The maximum atomic E-state index is 9.03. The number of nitrogens with two attached hydrogens (primary N) is 1. The Kier molecular flexibility index (Phi) is 2.81. The van der Waals surface area contributed by atoms with Gasteiger partial charge in [-0.1, -0.05) is 6.92 Å². The Balaban J connectivity index is 3.52. The van der Waals surface area contributed by atoms with Crippen molar-refractivity contribution in [3.63, 3.8) is 0 Å². The lowest BCUT2D eigenvalue weighted by Gasteiger charge is -2.28. The van der Waals surface area contributed by atoms with Gasteiger partial charge in [-0.2, -0.15) is 5.26 Å². The number of rotatable bonds is 2. The van der Waals surface area contributed by atoms with Crippen LogP contribution in [0.2, 0.25) is 0 Å². The molecule has 2 N–H and O–H groups in total. The second-order valence-electron chi connectivity index (χ2n) is 4.58. The van der Waals surface area contributed by atoms with Crippen molar-refractivity contribution < 1.29 is 0 Å². The van der Waals surface area contributed by atoms with Crippen LogP contribution in [0.4, 0.5) is 5.82 Å². The van der Waals surface area contributed by atoms with Crippen LogP contribution >= 0.6 is 0 Å². The van der Waals surface area contributed by atoms with Crippen LogP contribution in [-0.2, 0) is 5.54 Å². The number of nitrogen functional groups attached to an aromatic ring is 1. The molecule has 0 fully saturated rings. The molecule has 1 rings (SSSR count). The van der Waals surface area contributed by atoms with Gasteiger partial charge in [0.1, 0.15) is 11.9 Å². The van der Waals surface area contributed by atoms with Crippen molar-refractivity contribution in [1.29, 1.82) is 5.26 Å². The monoisotopic (exact) mass is 205 g/mol. The van der Waals surface area contributed by atoms with E-state index in [1.54, 1.807) is 0 Å². The van der Waals surface area contributed by atoms with Gasteiger partial charge in [-0.25, -0.2) is 0 Å². The SMILES string of the molecule is CCC(C)(C)n1c(C)c(C)c(C#N)c1N. The third-order valence-electron chi connectivity index (χ3n) is 3.33. The van der Waals surface area contributed by atoms with Crippen LogP contribution in [0.3, 0.4) is 0 Å². The second-order valence-corrected chi connectivity index (χ2v) is 4.58. The Morgan fingerprint density at radius 3 is 2.27 bits per heavy atom. The summed E-state index contributed by atoms with van der Waals surface area (Å²) in [4.78, 5) is 0. The van der Waals surface area contributed by atoms with E-state index in [4.69, 9.17) is 11.0 Å². The first-order valence-corrected chi connectivity index (χ1v) is 5.24. The minimum atomic E-state index is -0.0337. The molecule has 0 bridgehead atoms. The lowest BCUT2D eigenvalue weighted by molar-refractivity contribution is 0.342. The Morgan fingerprint density at radius 2 is 1.93 bits per heavy atom. The van der Waals surface area contributed by atoms with E-state index >= 15 is 0 Å². The van der Waals surface area contributed by atoms with Gasteiger partial charge < -0.3 is 10.3 Å². The summed E-state index contributed by atoms with van der Waals surface area (Å²) in [5.41, 5.74) is 8.69. The Hall–Kier alpha value is -1.43. The number of nitriles is 1. The van der Waals surface area contributed by atoms with Crippen LogP contribution in [-0.4, -0.2) is 4.57 Å². The molecule has 0 saturated heterocycles. The molecule has 0 radical (unpaired) electrons. The normalized spacial score (nSPS) is 11.5. The van der Waals surface area contributed by atoms with E-state index in [2.05, 4.69) is 31.4 Å². The van der Waals surface area contributed by atoms with Crippen molar-refractivity contribution >= 4 is 5.82 Å². The van der Waals surface area contributed by atoms with Crippen molar-refractivity contribution in [2.75, 3.05) is 5.73 Å². The fourth-order valence-corrected chi connectivity index (χ4v) is 1.91. The van der Waals surface area contributed by atoms with Crippen LogP contribution in [0.1, 0.15) is 44.0 Å². The molecule has 82 valence electrons. The van der Waals surface area contributed by atoms with E-state index < -0.39 is 0 Å². The zero-order valence-corrected chi connectivity index (χ0v) is 10.2. The lowest BCUT2D eigenvalue weighted by Crippen LogP contribution is -2.27. The van der Waals surface area contributed by atoms with Crippen LogP contribution in [0, 0.1) is 25.2 Å². The van der Waals surface area contributed by atoms with Gasteiger partial charge in [0, 0.05) is 11.2 Å². The van der Waals surface area contributed by atoms with E-state index in [-0.39, 0.29) is 5.54 Å². The molecule has 1 aromatic rings. The number of hydrogen-bond donors (Lipinski definition) is 1. The summed E-state index contributed by atoms with van der Waals surface area (Å²) in [5, 5.41) is 9.03. The average Bonchev–Trinajstić information content (AvgIpc) is 2.39. The standard InChI is InChI=1S/C12H19N3/c1-6-12(4,5)15-9(3)8(2)10(7-13)11(15)14/h6,14H2,1-5H3. The molecule has 3 nitrogen and oxygen atoms in total. The average molecular weight is 205 g/mol. The van der Waals surface area contributed by atoms with Gasteiger partial charge in [-0.3, -0.25) is 0 Å². The summed E-state index contributed by atoms with van der Waals surface area (Å²) >= 11 is 0. The number of nitrogens with zero attached hydrogens (tertiary/aromatic N) is 2. The number of hydrogen-bond acceptors (Lipinski definition) is 2. The minimum absolute atomic E-state index is 0.0337. The second kappa shape index (κ2) is 3.62. The summed E-state index contributed by atoms with van der Waals surface area (Å²) in [6, 6.07) is 2.18. The molecule has 0 spiro atoms. The molecule has 15 heavy (non-hydrogen) atoms. The number of aromatic nitrogens is 1. The highest BCUT2D eigenvalue weighted by molar-refractivity contribution is 5.58. The van der Waals surface area contributed by atoms with Gasteiger partial charge in [-0.05, 0) is 39.7 Å². The van der Waals surface area contributed by atoms with Gasteiger partial charge in [-0.15, -0.1) is 0 Å². The van der Waals surface area contributed by atoms with Gasteiger partial charge >= 0.3 is 0 Å². The maximum Gasteiger partial charge on any atom is 0.122 e. The highest BCUT2D eigenvalue weighted by Crippen LogP contribution is 2.32. The lowest BCUT2D eigenvalue weighted by atomic mass is 10.0. The highest BCUT2D eigenvalue weighted by Gasteiger charge is 2.25. The van der Waals surface area contributed by atoms with Crippen LogP contribution in [0.5, 0.6) is 0 Å². The van der Waals surface area contributed by atoms with Gasteiger partial charge in [0.2, 0.25) is 0 Å². The predicted molar refractivity (Wildman–Crippen MR) is 62.6 cm³/mol. The zero-order chi connectivity index (χ0) is 11.8. The van der Waals surface area contributed by atoms with Crippen LogP contribution < -0.4 is 5.73 Å². The van der Waals surface area contributed by atoms with Crippen molar-refractivity contribution in [3.05, 3.63) is 16.8 Å². The minimum Gasteiger partial charge on any atom is -0.384 e. The Morgan fingerprint density at radius 1 is 1.40 bits per heavy atom. The molecule has 0 atom stereocenters. The number of anilines is 1. The maximum absolute atomic E-state index is 9.03. The zero-order valence-electron chi connectivity index (χ0n) is 10.2. The van der Waals surface area contributed by atoms with Crippen LogP contribution in [0.25, 0.3) is 0 Å². The molecular weight excluding hydrogens is 186 g/mol. The predicted octanol–water partition coefficient (Wildman–Crippen LogP) is 2.70. The van der Waals surface area contributed by atoms with Crippen LogP contribution in [0.15, 0.2) is 0 Å². The van der Waals surface area contributed by atoms with Crippen molar-refractivity contribution in [2.45, 2.75) is 46.6 Å². The van der Waals surface area contributed by atoms with Crippen molar-refractivity contribution in [2.24, 2.45) is 0 Å². The summed E-state index contributed by atoms with van der Waals surface area (Å²) < 4.78 is 2.07. The fourth-order valence-electron chi connectivity index (χ4n) is 1.91. The van der Waals surface area contributed by atoms with E-state index in [0.29, 0.717) is 11.4 Å². The first kappa shape index (κ1) is 11.6. The third kappa shape index (κ3) is 1.61. The molecule has 0 saturated carbocycles. The summed E-state index contributed by atoms with van der Waals surface area (Å²) in [7, 11) is 0. The van der Waals surface area contributed by atoms with Crippen molar-refractivity contribution in [3.8, 4) is 6.07 Å². The smallest absolute Gasteiger partial charge is 0.122 e. The highest BCUT2D eigenvalue weighted by atomic mass is 15.1. The molecule has 0 aliphatic carbocycles. The first-order chi connectivity index (χ1) is 6.86. The molecule has 0 aromatic carbocycles. The van der Waals surface area contributed by atoms with Gasteiger partial charge in [0.15, 0.2) is 0 Å². The summed E-state index contributed by atoms with van der Waals surface area (Å²) in [6.45, 7) is 10.4. The van der Waals surface area contributed by atoms with E-state index in [1.807, 2.05) is 13.8 Å². The molecular formula is C12H19N3. The molecule has 1 heterocycles. The fraction of sp³-hybridized carbons (Fsp3) is 0.583.